The summed E-state index contributed by atoms with van der Waals surface area (Å²) in [5.74, 6) is 0.168. The van der Waals surface area contributed by atoms with Gasteiger partial charge >= 0.3 is 0 Å². The van der Waals surface area contributed by atoms with Crippen LogP contribution in [0.4, 0.5) is 0 Å². The van der Waals surface area contributed by atoms with Crippen LogP contribution >= 0.6 is 11.6 Å². The summed E-state index contributed by atoms with van der Waals surface area (Å²) in [7, 11) is -3.17. The van der Waals surface area contributed by atoms with Gasteiger partial charge in [-0.25, -0.2) is 8.42 Å². The molecule has 0 amide bonds. The van der Waals surface area contributed by atoms with E-state index in [-0.39, 0.29) is 17.7 Å². The monoisotopic (exact) mass is 241 g/mol. The van der Waals surface area contributed by atoms with Gasteiger partial charge < -0.3 is 4.74 Å². The zero-order chi connectivity index (χ0) is 10.6. The first-order valence-corrected chi connectivity index (χ1v) is 6.89. The first-order chi connectivity index (χ1) is 6.61. The van der Waals surface area contributed by atoms with Gasteiger partial charge in [0.25, 0.3) is 0 Å². The molecule has 0 radical (unpaired) electrons. The van der Waals surface area contributed by atoms with Crippen molar-refractivity contribution in [3.05, 3.63) is 0 Å². The van der Waals surface area contributed by atoms with Crippen molar-refractivity contribution in [2.45, 2.75) is 19.4 Å². The van der Waals surface area contributed by atoms with Gasteiger partial charge in [0, 0.05) is 18.5 Å². The Kier molecular flexibility index (Phi) is 4.63. The highest BCUT2D eigenvalue weighted by Gasteiger charge is 2.30. The van der Waals surface area contributed by atoms with Gasteiger partial charge in [0.1, 0.15) is 0 Å². The first-order valence-electron chi connectivity index (χ1n) is 4.75. The smallest absolute Gasteiger partial charge is 0.215 e. The molecular formula is C8H16ClNO3S. The predicted octanol–water partition coefficient (Wildman–Crippen LogP) is 0.666. The van der Waals surface area contributed by atoms with Crippen LogP contribution in [0.2, 0.25) is 0 Å². The van der Waals surface area contributed by atoms with Crippen LogP contribution in [0.15, 0.2) is 0 Å². The molecule has 14 heavy (non-hydrogen) atoms. The summed E-state index contributed by atoms with van der Waals surface area (Å²) in [5.41, 5.74) is 0. The van der Waals surface area contributed by atoms with E-state index in [1.54, 1.807) is 0 Å². The van der Waals surface area contributed by atoms with E-state index in [1.807, 2.05) is 6.92 Å². The molecule has 1 aliphatic rings. The van der Waals surface area contributed by atoms with E-state index in [4.69, 9.17) is 16.3 Å². The van der Waals surface area contributed by atoms with E-state index in [0.717, 1.165) is 6.42 Å². The van der Waals surface area contributed by atoms with Gasteiger partial charge in [-0.1, -0.05) is 6.92 Å². The molecule has 0 aromatic rings. The second kappa shape index (κ2) is 5.30. The fraction of sp³-hybridized carbons (Fsp3) is 1.00. The maximum Gasteiger partial charge on any atom is 0.215 e. The van der Waals surface area contributed by atoms with E-state index < -0.39 is 10.0 Å². The third kappa shape index (κ3) is 2.82. The predicted molar refractivity (Wildman–Crippen MR) is 56.1 cm³/mol. The molecule has 1 aliphatic heterocycles. The van der Waals surface area contributed by atoms with Crippen LogP contribution in [-0.4, -0.2) is 50.2 Å². The van der Waals surface area contributed by atoms with Crippen LogP contribution in [0.3, 0.4) is 0 Å². The molecule has 4 nitrogen and oxygen atoms in total. The molecule has 1 rings (SSSR count). The Morgan fingerprint density at radius 1 is 1.57 bits per heavy atom. The Bertz CT molecular complexity index is 268. The lowest BCUT2D eigenvalue weighted by atomic mass is 10.2. The van der Waals surface area contributed by atoms with Crippen LogP contribution in [0.5, 0.6) is 0 Å². The van der Waals surface area contributed by atoms with E-state index in [1.165, 1.54) is 4.31 Å². The highest BCUT2D eigenvalue weighted by atomic mass is 35.5. The molecule has 1 unspecified atom stereocenters. The fourth-order valence-electron chi connectivity index (χ4n) is 1.54. The van der Waals surface area contributed by atoms with Gasteiger partial charge in [-0.05, 0) is 6.42 Å². The second-order valence-corrected chi connectivity index (χ2v) is 5.67. The first kappa shape index (κ1) is 12.2. The molecule has 0 N–H and O–H groups in total. The normalized spacial score (nSPS) is 25.1. The van der Waals surface area contributed by atoms with Crippen LogP contribution in [0.1, 0.15) is 13.3 Å². The van der Waals surface area contributed by atoms with Crippen molar-refractivity contribution < 1.29 is 13.2 Å². The number of alkyl halides is 1. The standard InChI is InChI=1S/C8H16ClNO3S/c1-2-8-7-13-5-4-10(8)14(11,12)6-3-9/h8H,2-7H2,1H3. The van der Waals surface area contributed by atoms with E-state index >= 15 is 0 Å². The molecule has 84 valence electrons. The lowest BCUT2D eigenvalue weighted by molar-refractivity contribution is 0.0315. The molecule has 1 heterocycles. The summed E-state index contributed by atoms with van der Waals surface area (Å²) in [4.78, 5) is 0. The van der Waals surface area contributed by atoms with Crippen molar-refractivity contribution >= 4 is 21.6 Å². The highest BCUT2D eigenvalue weighted by Crippen LogP contribution is 2.15. The molecule has 1 fully saturated rings. The number of halogens is 1. The number of hydrogen-bond donors (Lipinski definition) is 0. The average molecular weight is 242 g/mol. The minimum Gasteiger partial charge on any atom is -0.378 e. The maximum absolute atomic E-state index is 11.7. The van der Waals surface area contributed by atoms with Gasteiger partial charge in [-0.15, -0.1) is 11.6 Å². The zero-order valence-electron chi connectivity index (χ0n) is 8.28. The number of rotatable bonds is 4. The lowest BCUT2D eigenvalue weighted by Gasteiger charge is -2.33. The minimum absolute atomic E-state index is 0.0167. The average Bonchev–Trinajstić information content (AvgIpc) is 2.18. The van der Waals surface area contributed by atoms with Crippen LogP contribution < -0.4 is 0 Å². The van der Waals surface area contributed by atoms with Crippen LogP contribution in [0.25, 0.3) is 0 Å². The number of hydrogen-bond acceptors (Lipinski definition) is 3. The van der Waals surface area contributed by atoms with E-state index in [9.17, 15) is 8.42 Å². The summed E-state index contributed by atoms with van der Waals surface area (Å²) in [6.07, 6.45) is 0.779. The zero-order valence-corrected chi connectivity index (χ0v) is 9.85. The number of sulfonamides is 1. The molecule has 0 aromatic carbocycles. The second-order valence-electron chi connectivity index (χ2n) is 3.25. The molecular weight excluding hydrogens is 226 g/mol. The largest absolute Gasteiger partial charge is 0.378 e. The molecule has 0 saturated carbocycles. The molecule has 1 atom stereocenters. The summed E-state index contributed by atoms with van der Waals surface area (Å²) < 4.78 is 30.2. The quantitative estimate of drug-likeness (QED) is 0.680. The SMILES string of the molecule is CCC1COCCN1S(=O)(=O)CCCl. The van der Waals surface area contributed by atoms with Crippen molar-refractivity contribution in [3.63, 3.8) is 0 Å². The summed E-state index contributed by atoms with van der Waals surface area (Å²) in [5, 5.41) is 0. The Labute approximate surface area is 90.2 Å². The minimum atomic E-state index is -3.17. The Hall–Kier alpha value is 0.160. The van der Waals surface area contributed by atoms with Crippen LogP contribution in [0, 0.1) is 0 Å². The Morgan fingerprint density at radius 2 is 2.29 bits per heavy atom. The number of ether oxygens (including phenoxy) is 1. The third-order valence-electron chi connectivity index (χ3n) is 2.34. The van der Waals surface area contributed by atoms with Crippen molar-refractivity contribution in [1.29, 1.82) is 0 Å². The molecule has 0 aliphatic carbocycles. The molecule has 0 aromatic heterocycles. The topological polar surface area (TPSA) is 46.6 Å². The number of morpholine rings is 1. The molecule has 1 saturated heterocycles. The Morgan fingerprint density at radius 3 is 2.86 bits per heavy atom. The highest BCUT2D eigenvalue weighted by molar-refractivity contribution is 7.89. The van der Waals surface area contributed by atoms with Crippen molar-refractivity contribution in [3.8, 4) is 0 Å². The van der Waals surface area contributed by atoms with Crippen molar-refractivity contribution in [1.82, 2.24) is 4.31 Å². The van der Waals surface area contributed by atoms with E-state index in [0.29, 0.717) is 19.8 Å². The maximum atomic E-state index is 11.7. The number of nitrogens with zero attached hydrogens (tertiary/aromatic N) is 1. The van der Waals surface area contributed by atoms with E-state index in [2.05, 4.69) is 0 Å². The third-order valence-corrected chi connectivity index (χ3v) is 4.67. The van der Waals surface area contributed by atoms with Gasteiger partial charge in [-0.2, -0.15) is 4.31 Å². The van der Waals surface area contributed by atoms with Gasteiger partial charge in [0.2, 0.25) is 10.0 Å². The van der Waals surface area contributed by atoms with Gasteiger partial charge in [0.15, 0.2) is 0 Å². The summed E-state index contributed by atoms with van der Waals surface area (Å²) >= 11 is 5.46. The fourth-order valence-corrected chi connectivity index (χ4v) is 3.57. The molecule has 0 spiro atoms. The molecule has 6 heteroatoms. The van der Waals surface area contributed by atoms with Crippen molar-refractivity contribution in [2.24, 2.45) is 0 Å². The Balaban J connectivity index is 2.72. The van der Waals surface area contributed by atoms with Crippen molar-refractivity contribution in [2.75, 3.05) is 31.4 Å². The molecule has 0 bridgehead atoms. The van der Waals surface area contributed by atoms with Gasteiger partial charge in [-0.3, -0.25) is 0 Å². The van der Waals surface area contributed by atoms with Gasteiger partial charge in [0.05, 0.1) is 19.0 Å². The lowest BCUT2D eigenvalue weighted by Crippen LogP contribution is -2.49. The summed E-state index contributed by atoms with van der Waals surface area (Å²) in [6, 6.07) is -0.0167. The van der Waals surface area contributed by atoms with Crippen LogP contribution in [-0.2, 0) is 14.8 Å². The summed E-state index contributed by atoms with van der Waals surface area (Å²) in [6.45, 7) is 3.40.